The van der Waals surface area contributed by atoms with Crippen LogP contribution in [0.5, 0.6) is 0 Å². The minimum Gasteiger partial charge on any atom is -0.394 e. The molecule has 0 amide bonds. The molecule has 0 fully saturated rings. The van der Waals surface area contributed by atoms with Crippen LogP contribution in [0.4, 0.5) is 0 Å². The molecule has 80 valence electrons. The van der Waals surface area contributed by atoms with Gasteiger partial charge >= 0.3 is 0 Å². The molecule has 3 atom stereocenters. The lowest BCUT2D eigenvalue weighted by Crippen LogP contribution is -2.44. The van der Waals surface area contributed by atoms with Gasteiger partial charge in [-0.05, 0) is 0 Å². The zero-order chi connectivity index (χ0) is 9.72. The first-order valence-corrected chi connectivity index (χ1v) is 3.33. The number of aliphatic hydroxyl groups is 5. The van der Waals surface area contributed by atoms with E-state index in [-0.39, 0.29) is 6.15 Å². The van der Waals surface area contributed by atoms with E-state index >= 15 is 0 Å². The van der Waals surface area contributed by atoms with Crippen LogP contribution in [0, 0.1) is 0 Å². The average molecular weight is 197 g/mol. The van der Waals surface area contributed by atoms with Crippen molar-refractivity contribution in [2.24, 2.45) is 0 Å². The number of carbonyl (C=O) groups excluding carboxylic acids is 1. The van der Waals surface area contributed by atoms with Gasteiger partial charge in [0.2, 0.25) is 0 Å². The summed E-state index contributed by atoms with van der Waals surface area (Å²) in [5.41, 5.74) is 0. The van der Waals surface area contributed by atoms with Crippen molar-refractivity contribution in [2.45, 2.75) is 18.3 Å². The lowest BCUT2D eigenvalue weighted by Gasteiger charge is -2.19. The van der Waals surface area contributed by atoms with E-state index in [1.165, 1.54) is 0 Å². The smallest absolute Gasteiger partial charge is 0.189 e. The van der Waals surface area contributed by atoms with Crippen LogP contribution in [-0.2, 0) is 4.79 Å². The van der Waals surface area contributed by atoms with Crippen LogP contribution in [0.3, 0.4) is 0 Å². The number of Topliss-reactive ketones (excluding diaryl/α,β-unsaturated/α-hetero) is 1. The van der Waals surface area contributed by atoms with E-state index in [2.05, 4.69) is 0 Å². The zero-order valence-electron chi connectivity index (χ0n) is 7.00. The van der Waals surface area contributed by atoms with E-state index in [0.29, 0.717) is 0 Å². The molecule has 0 saturated heterocycles. The van der Waals surface area contributed by atoms with Crippen molar-refractivity contribution in [3.8, 4) is 0 Å². The minimum absolute atomic E-state index is 0. The van der Waals surface area contributed by atoms with E-state index in [0.717, 1.165) is 0 Å². The highest BCUT2D eigenvalue weighted by Gasteiger charge is 2.28. The lowest BCUT2D eigenvalue weighted by molar-refractivity contribution is -0.142. The Morgan fingerprint density at radius 3 is 1.92 bits per heavy atom. The van der Waals surface area contributed by atoms with Crippen LogP contribution < -0.4 is 6.15 Å². The molecule has 7 heteroatoms. The van der Waals surface area contributed by atoms with Gasteiger partial charge in [0.15, 0.2) is 5.78 Å². The second-order valence-corrected chi connectivity index (χ2v) is 2.31. The molecule has 0 bridgehead atoms. The predicted molar refractivity (Wildman–Crippen MR) is 42.2 cm³/mol. The third kappa shape index (κ3) is 4.27. The van der Waals surface area contributed by atoms with Gasteiger partial charge in [0.05, 0.1) is 6.61 Å². The molecule has 0 aliphatic heterocycles. The second-order valence-electron chi connectivity index (χ2n) is 2.31. The Labute approximate surface area is 74.8 Å². The molecule has 0 saturated carbocycles. The topological polar surface area (TPSA) is 153 Å². The number of hydrogen-bond acceptors (Lipinski definition) is 7. The molecule has 0 aliphatic carbocycles. The Morgan fingerprint density at radius 1 is 1.15 bits per heavy atom. The molecule has 7 nitrogen and oxygen atoms in total. The highest BCUT2D eigenvalue weighted by atomic mass is 16.4. The van der Waals surface area contributed by atoms with Gasteiger partial charge in [-0.25, -0.2) is 0 Å². The maximum absolute atomic E-state index is 10.5. The average Bonchev–Trinajstić information content (AvgIpc) is 2.12. The first kappa shape index (κ1) is 14.9. The van der Waals surface area contributed by atoms with E-state index in [1.807, 2.05) is 0 Å². The van der Waals surface area contributed by atoms with Crippen LogP contribution in [0.2, 0.25) is 0 Å². The normalized spacial score (nSPS) is 17.0. The van der Waals surface area contributed by atoms with Gasteiger partial charge in [-0.2, -0.15) is 0 Å². The predicted octanol–water partition coefficient (Wildman–Crippen LogP) is -3.22. The molecule has 0 aromatic carbocycles. The molecule has 0 aromatic rings. The SMILES string of the molecule is N.O=C(CO)[C@H](O)[C@@H](O)[C@H](O)CO. The molecule has 0 unspecified atom stereocenters. The molecular weight excluding hydrogens is 182 g/mol. The Morgan fingerprint density at radius 2 is 1.62 bits per heavy atom. The monoisotopic (exact) mass is 197 g/mol. The van der Waals surface area contributed by atoms with Crippen molar-refractivity contribution in [3.63, 3.8) is 0 Å². The summed E-state index contributed by atoms with van der Waals surface area (Å²) in [4.78, 5) is 10.5. The van der Waals surface area contributed by atoms with Gasteiger partial charge in [0.1, 0.15) is 24.9 Å². The Balaban J connectivity index is 0. The Hall–Kier alpha value is -0.570. The largest absolute Gasteiger partial charge is 0.394 e. The number of aliphatic hydroxyl groups excluding tert-OH is 5. The van der Waals surface area contributed by atoms with E-state index < -0.39 is 37.3 Å². The summed E-state index contributed by atoms with van der Waals surface area (Å²) in [5, 5.41) is 43.1. The van der Waals surface area contributed by atoms with Crippen LogP contribution >= 0.6 is 0 Å². The minimum atomic E-state index is -1.86. The van der Waals surface area contributed by atoms with E-state index in [9.17, 15) is 4.79 Å². The van der Waals surface area contributed by atoms with Crippen LogP contribution in [0.25, 0.3) is 0 Å². The van der Waals surface area contributed by atoms with E-state index in [1.54, 1.807) is 0 Å². The third-order valence-corrected chi connectivity index (χ3v) is 1.39. The van der Waals surface area contributed by atoms with Gasteiger partial charge in [-0.15, -0.1) is 0 Å². The third-order valence-electron chi connectivity index (χ3n) is 1.39. The van der Waals surface area contributed by atoms with Crippen molar-refractivity contribution in [1.82, 2.24) is 6.15 Å². The number of carbonyl (C=O) groups is 1. The fraction of sp³-hybridized carbons (Fsp3) is 0.833. The highest BCUT2D eigenvalue weighted by Crippen LogP contribution is 2.00. The molecule has 0 radical (unpaired) electrons. The lowest BCUT2D eigenvalue weighted by atomic mass is 10.1. The van der Waals surface area contributed by atoms with Crippen molar-refractivity contribution >= 4 is 5.78 Å². The van der Waals surface area contributed by atoms with Crippen molar-refractivity contribution in [2.75, 3.05) is 13.2 Å². The standard InChI is InChI=1S/C6H12O6.H3N/c7-1-3(9)5(11)6(12)4(10)2-8;/h3,5-9,11-12H,1-2H2;1H3/t3-,5+,6+;/m1./s1. The molecule has 0 spiro atoms. The molecule has 13 heavy (non-hydrogen) atoms. The van der Waals surface area contributed by atoms with Gasteiger partial charge < -0.3 is 31.7 Å². The summed E-state index contributed by atoms with van der Waals surface area (Å²) in [7, 11) is 0. The quantitative estimate of drug-likeness (QED) is 0.271. The van der Waals surface area contributed by atoms with Crippen LogP contribution in [-0.4, -0.2) is 62.8 Å². The number of rotatable bonds is 5. The van der Waals surface area contributed by atoms with Crippen molar-refractivity contribution in [1.29, 1.82) is 0 Å². The molecule has 0 aromatic heterocycles. The maximum atomic E-state index is 10.5. The van der Waals surface area contributed by atoms with Crippen molar-refractivity contribution < 1.29 is 30.3 Å². The first-order chi connectivity index (χ1) is 5.54. The van der Waals surface area contributed by atoms with Crippen molar-refractivity contribution in [3.05, 3.63) is 0 Å². The molecular formula is C6H15NO6. The summed E-state index contributed by atoms with van der Waals surface area (Å²) >= 11 is 0. The number of hydrogen-bond donors (Lipinski definition) is 6. The maximum Gasteiger partial charge on any atom is 0.189 e. The van der Waals surface area contributed by atoms with Gasteiger partial charge in [0, 0.05) is 0 Å². The fourth-order valence-corrected chi connectivity index (χ4v) is 0.602. The summed E-state index contributed by atoms with van der Waals surface area (Å²) in [6, 6.07) is 0. The van der Waals surface area contributed by atoms with Crippen LogP contribution in [0.15, 0.2) is 0 Å². The van der Waals surface area contributed by atoms with Gasteiger partial charge in [-0.1, -0.05) is 0 Å². The molecule has 8 N–H and O–H groups in total. The van der Waals surface area contributed by atoms with Gasteiger partial charge in [0.25, 0.3) is 0 Å². The van der Waals surface area contributed by atoms with E-state index in [4.69, 9.17) is 25.5 Å². The molecule has 0 aliphatic rings. The first-order valence-electron chi connectivity index (χ1n) is 3.33. The van der Waals surface area contributed by atoms with Gasteiger partial charge in [-0.3, -0.25) is 4.79 Å². The summed E-state index contributed by atoms with van der Waals surface area (Å²) in [6.07, 6.45) is -5.22. The highest BCUT2D eigenvalue weighted by molar-refractivity contribution is 5.84. The summed E-state index contributed by atoms with van der Waals surface area (Å²) < 4.78 is 0. The summed E-state index contributed by atoms with van der Waals surface area (Å²) in [6.45, 7) is -1.69. The molecule has 0 rings (SSSR count). The zero-order valence-corrected chi connectivity index (χ0v) is 7.00. The Kier molecular flexibility index (Phi) is 7.92. The van der Waals surface area contributed by atoms with Crippen LogP contribution in [0.1, 0.15) is 0 Å². The second kappa shape index (κ2) is 6.89. The Bertz CT molecular complexity index is 152. The summed E-state index contributed by atoms with van der Waals surface area (Å²) in [5.74, 6) is -1.00. The fourth-order valence-electron chi connectivity index (χ4n) is 0.602. The molecule has 0 heterocycles. The number of ketones is 1.